The third kappa shape index (κ3) is 3.93. The molecule has 1 fully saturated rings. The van der Waals surface area contributed by atoms with Gasteiger partial charge >= 0.3 is 0 Å². The maximum Gasteiger partial charge on any atom is 0.186 e. The van der Waals surface area contributed by atoms with Crippen LogP contribution in [0.4, 0.5) is 5.13 Å². The first-order valence-corrected chi connectivity index (χ1v) is 8.50. The Hall–Kier alpha value is -0.650. The SMILES string of the molecule is CCCNCc1sc(N2CCOC(C)C2)nc1C(C)C. The zero-order chi connectivity index (χ0) is 14.5. The maximum atomic E-state index is 5.62. The number of rotatable bonds is 6. The van der Waals surface area contributed by atoms with Gasteiger partial charge in [0.25, 0.3) is 0 Å². The minimum atomic E-state index is 0.303. The molecular formula is C15H27N3OS. The summed E-state index contributed by atoms with van der Waals surface area (Å²) >= 11 is 1.84. The largest absolute Gasteiger partial charge is 0.375 e. The van der Waals surface area contributed by atoms with Crippen molar-refractivity contribution in [3.8, 4) is 0 Å². The summed E-state index contributed by atoms with van der Waals surface area (Å²) in [5.74, 6) is 0.483. The van der Waals surface area contributed by atoms with E-state index in [2.05, 4.69) is 37.9 Å². The fourth-order valence-electron chi connectivity index (χ4n) is 2.43. The summed E-state index contributed by atoms with van der Waals surface area (Å²) in [5.41, 5.74) is 1.26. The van der Waals surface area contributed by atoms with Gasteiger partial charge < -0.3 is 15.0 Å². The van der Waals surface area contributed by atoms with Crippen LogP contribution in [-0.4, -0.2) is 37.3 Å². The second-order valence-electron chi connectivity index (χ2n) is 5.76. The number of aromatic nitrogens is 1. The maximum absolute atomic E-state index is 5.62. The Morgan fingerprint density at radius 2 is 2.30 bits per heavy atom. The molecule has 1 N–H and O–H groups in total. The van der Waals surface area contributed by atoms with Crippen molar-refractivity contribution in [1.82, 2.24) is 10.3 Å². The Morgan fingerprint density at radius 3 is 2.95 bits per heavy atom. The van der Waals surface area contributed by atoms with Gasteiger partial charge in [0, 0.05) is 24.5 Å². The number of anilines is 1. The molecule has 0 saturated carbocycles. The van der Waals surface area contributed by atoms with Crippen molar-refractivity contribution in [2.75, 3.05) is 31.1 Å². The van der Waals surface area contributed by atoms with E-state index in [9.17, 15) is 0 Å². The molecule has 1 aliphatic rings. The van der Waals surface area contributed by atoms with E-state index in [0.717, 1.165) is 37.9 Å². The Balaban J connectivity index is 2.11. The quantitative estimate of drug-likeness (QED) is 0.819. The summed E-state index contributed by atoms with van der Waals surface area (Å²) in [6.45, 7) is 13.5. The highest BCUT2D eigenvalue weighted by Gasteiger charge is 2.22. The average Bonchev–Trinajstić information content (AvgIpc) is 2.83. The lowest BCUT2D eigenvalue weighted by atomic mass is 10.1. The Bertz CT molecular complexity index is 419. The van der Waals surface area contributed by atoms with Gasteiger partial charge in [-0.25, -0.2) is 4.98 Å². The van der Waals surface area contributed by atoms with Gasteiger partial charge in [0.2, 0.25) is 0 Å². The van der Waals surface area contributed by atoms with Gasteiger partial charge in [-0.05, 0) is 25.8 Å². The van der Waals surface area contributed by atoms with Crippen LogP contribution < -0.4 is 10.2 Å². The van der Waals surface area contributed by atoms with E-state index in [4.69, 9.17) is 9.72 Å². The smallest absolute Gasteiger partial charge is 0.186 e. The van der Waals surface area contributed by atoms with Crippen molar-refractivity contribution in [3.63, 3.8) is 0 Å². The molecular weight excluding hydrogens is 270 g/mol. The molecule has 0 spiro atoms. The zero-order valence-corrected chi connectivity index (χ0v) is 13.9. The number of hydrogen-bond acceptors (Lipinski definition) is 5. The minimum Gasteiger partial charge on any atom is -0.375 e. The Labute approximate surface area is 126 Å². The van der Waals surface area contributed by atoms with Gasteiger partial charge in [0.05, 0.1) is 18.4 Å². The summed E-state index contributed by atoms with van der Waals surface area (Å²) in [5, 5.41) is 4.66. The number of ether oxygens (including phenoxy) is 1. The number of nitrogens with zero attached hydrogens (tertiary/aromatic N) is 2. The molecule has 0 amide bonds. The summed E-state index contributed by atoms with van der Waals surface area (Å²) in [6, 6.07) is 0. The average molecular weight is 297 g/mol. The second kappa shape index (κ2) is 7.38. The van der Waals surface area contributed by atoms with Gasteiger partial charge in [-0.2, -0.15) is 0 Å². The Kier molecular flexibility index (Phi) is 5.81. The summed E-state index contributed by atoms with van der Waals surface area (Å²) < 4.78 is 5.62. The van der Waals surface area contributed by atoms with Gasteiger partial charge in [-0.1, -0.05) is 20.8 Å². The molecule has 2 rings (SSSR count). The van der Waals surface area contributed by atoms with Crippen LogP contribution in [0.25, 0.3) is 0 Å². The first-order valence-electron chi connectivity index (χ1n) is 7.68. The third-order valence-electron chi connectivity index (χ3n) is 3.49. The fraction of sp³-hybridized carbons (Fsp3) is 0.800. The predicted molar refractivity (Wildman–Crippen MR) is 85.8 cm³/mol. The monoisotopic (exact) mass is 297 g/mol. The van der Waals surface area contributed by atoms with Crippen LogP contribution in [0.2, 0.25) is 0 Å². The van der Waals surface area contributed by atoms with Crippen LogP contribution in [-0.2, 0) is 11.3 Å². The van der Waals surface area contributed by atoms with Crippen LogP contribution >= 0.6 is 11.3 Å². The van der Waals surface area contributed by atoms with Crippen molar-refractivity contribution >= 4 is 16.5 Å². The van der Waals surface area contributed by atoms with Crippen molar-refractivity contribution in [1.29, 1.82) is 0 Å². The van der Waals surface area contributed by atoms with Crippen LogP contribution in [0, 0.1) is 0 Å². The van der Waals surface area contributed by atoms with Gasteiger partial charge in [0.15, 0.2) is 5.13 Å². The van der Waals surface area contributed by atoms with Crippen molar-refractivity contribution in [2.45, 2.75) is 52.7 Å². The first-order chi connectivity index (χ1) is 9.61. The van der Waals surface area contributed by atoms with E-state index in [1.807, 2.05) is 11.3 Å². The summed E-state index contributed by atoms with van der Waals surface area (Å²) in [6.07, 6.45) is 1.47. The minimum absolute atomic E-state index is 0.303. The van der Waals surface area contributed by atoms with Gasteiger partial charge in [0.1, 0.15) is 0 Å². The summed E-state index contributed by atoms with van der Waals surface area (Å²) in [7, 11) is 0. The molecule has 1 saturated heterocycles. The molecule has 20 heavy (non-hydrogen) atoms. The van der Waals surface area contributed by atoms with E-state index in [1.54, 1.807) is 0 Å². The lowest BCUT2D eigenvalue weighted by molar-refractivity contribution is 0.0532. The number of thiazole rings is 1. The molecule has 1 atom stereocenters. The van der Waals surface area contributed by atoms with Gasteiger partial charge in [-0.3, -0.25) is 0 Å². The fourth-order valence-corrected chi connectivity index (χ4v) is 3.65. The van der Waals surface area contributed by atoms with Crippen LogP contribution in [0.1, 0.15) is 50.6 Å². The molecule has 114 valence electrons. The van der Waals surface area contributed by atoms with Gasteiger partial charge in [-0.15, -0.1) is 11.3 Å². The van der Waals surface area contributed by atoms with Crippen molar-refractivity contribution in [3.05, 3.63) is 10.6 Å². The molecule has 0 aromatic carbocycles. The molecule has 1 aromatic heterocycles. The lowest BCUT2D eigenvalue weighted by Crippen LogP contribution is -2.41. The molecule has 0 aliphatic carbocycles. The lowest BCUT2D eigenvalue weighted by Gasteiger charge is -2.30. The van der Waals surface area contributed by atoms with Crippen molar-refractivity contribution in [2.24, 2.45) is 0 Å². The van der Waals surface area contributed by atoms with E-state index >= 15 is 0 Å². The first kappa shape index (κ1) is 15.7. The highest BCUT2D eigenvalue weighted by molar-refractivity contribution is 7.15. The normalized spacial score (nSPS) is 19.9. The summed E-state index contributed by atoms with van der Waals surface area (Å²) in [4.78, 5) is 8.66. The molecule has 1 unspecified atom stereocenters. The number of hydrogen-bond donors (Lipinski definition) is 1. The molecule has 1 aromatic rings. The highest BCUT2D eigenvalue weighted by Crippen LogP contribution is 2.31. The molecule has 0 radical (unpaired) electrons. The van der Waals surface area contributed by atoms with E-state index < -0.39 is 0 Å². The molecule has 0 bridgehead atoms. The molecule has 1 aliphatic heterocycles. The molecule has 5 heteroatoms. The Morgan fingerprint density at radius 1 is 1.50 bits per heavy atom. The molecule has 2 heterocycles. The van der Waals surface area contributed by atoms with E-state index in [1.165, 1.54) is 17.0 Å². The van der Waals surface area contributed by atoms with Crippen LogP contribution in [0.15, 0.2) is 0 Å². The number of morpholine rings is 1. The standard InChI is InChI=1S/C15H27N3OS/c1-5-6-16-9-13-14(11(2)3)17-15(20-13)18-7-8-19-12(4)10-18/h11-12,16H,5-10H2,1-4H3. The molecule has 4 nitrogen and oxygen atoms in total. The number of nitrogens with one attached hydrogen (secondary N) is 1. The predicted octanol–water partition coefficient (Wildman–Crippen LogP) is 2.99. The van der Waals surface area contributed by atoms with Crippen molar-refractivity contribution < 1.29 is 4.74 Å². The topological polar surface area (TPSA) is 37.4 Å². The van der Waals surface area contributed by atoms with E-state index in [-0.39, 0.29) is 0 Å². The zero-order valence-electron chi connectivity index (χ0n) is 13.1. The highest BCUT2D eigenvalue weighted by atomic mass is 32.1. The van der Waals surface area contributed by atoms with Crippen LogP contribution in [0.5, 0.6) is 0 Å². The van der Waals surface area contributed by atoms with Crippen LogP contribution in [0.3, 0.4) is 0 Å². The van der Waals surface area contributed by atoms with E-state index in [0.29, 0.717) is 12.0 Å². The third-order valence-corrected chi connectivity index (χ3v) is 4.62. The second-order valence-corrected chi connectivity index (χ2v) is 6.83.